The van der Waals surface area contributed by atoms with Gasteiger partial charge in [0.1, 0.15) is 5.75 Å². The average Bonchev–Trinajstić information content (AvgIpc) is 3.25. The molecule has 0 bridgehead atoms. The van der Waals surface area contributed by atoms with Crippen LogP contribution in [0.1, 0.15) is 18.4 Å². The van der Waals surface area contributed by atoms with Gasteiger partial charge in [-0.15, -0.1) is 0 Å². The van der Waals surface area contributed by atoms with Crippen LogP contribution in [-0.2, 0) is 6.54 Å². The van der Waals surface area contributed by atoms with E-state index in [0.29, 0.717) is 6.10 Å². The van der Waals surface area contributed by atoms with Crippen molar-refractivity contribution in [3.8, 4) is 16.9 Å². The lowest BCUT2D eigenvalue weighted by Crippen LogP contribution is -2.04. The molecule has 0 saturated heterocycles. The second kappa shape index (κ2) is 5.86. The summed E-state index contributed by atoms with van der Waals surface area (Å²) < 4.78 is 5.76. The smallest absolute Gasteiger partial charge is 0.119 e. The zero-order chi connectivity index (χ0) is 13.9. The van der Waals surface area contributed by atoms with E-state index in [1.807, 2.05) is 25.2 Å². The Kier molecular flexibility index (Phi) is 3.95. The summed E-state index contributed by atoms with van der Waals surface area (Å²) >= 11 is 6.37. The first-order valence-corrected chi connectivity index (χ1v) is 7.34. The number of hydrogen-bond acceptors (Lipinski definition) is 2. The first-order valence-electron chi connectivity index (χ1n) is 6.96. The Balaban J connectivity index is 1.80. The molecule has 0 heterocycles. The predicted octanol–water partition coefficient (Wildman–Crippen LogP) is 4.27. The van der Waals surface area contributed by atoms with Crippen molar-refractivity contribution in [3.05, 3.63) is 53.1 Å². The molecule has 3 heteroatoms. The third-order valence-corrected chi connectivity index (χ3v) is 3.72. The van der Waals surface area contributed by atoms with Gasteiger partial charge in [0.25, 0.3) is 0 Å². The molecule has 0 aromatic heterocycles. The maximum Gasteiger partial charge on any atom is 0.119 e. The fourth-order valence-electron chi connectivity index (χ4n) is 2.20. The maximum atomic E-state index is 6.37. The summed E-state index contributed by atoms with van der Waals surface area (Å²) in [6.45, 7) is 0.828. The van der Waals surface area contributed by atoms with Crippen LogP contribution in [0, 0.1) is 0 Å². The lowest BCUT2D eigenvalue weighted by Gasteiger charge is -2.09. The molecule has 0 amide bonds. The molecule has 0 atom stereocenters. The molecule has 0 radical (unpaired) electrons. The molecular formula is C17H18ClNO. The second-order valence-corrected chi connectivity index (χ2v) is 5.59. The number of rotatable bonds is 5. The second-order valence-electron chi connectivity index (χ2n) is 5.19. The maximum absolute atomic E-state index is 6.37. The molecule has 0 unspecified atom stereocenters. The molecule has 104 valence electrons. The highest BCUT2D eigenvalue weighted by Crippen LogP contribution is 2.32. The average molecular weight is 288 g/mol. The van der Waals surface area contributed by atoms with Crippen molar-refractivity contribution in [1.29, 1.82) is 0 Å². The van der Waals surface area contributed by atoms with Crippen LogP contribution in [0.2, 0.25) is 5.02 Å². The molecule has 2 aromatic carbocycles. The van der Waals surface area contributed by atoms with Gasteiger partial charge < -0.3 is 10.1 Å². The fourth-order valence-corrected chi connectivity index (χ4v) is 2.51. The number of halogens is 1. The van der Waals surface area contributed by atoms with Crippen LogP contribution < -0.4 is 10.1 Å². The summed E-state index contributed by atoms with van der Waals surface area (Å²) in [5.74, 6) is 0.944. The summed E-state index contributed by atoms with van der Waals surface area (Å²) in [5, 5.41) is 3.91. The molecule has 0 aliphatic heterocycles. The summed E-state index contributed by atoms with van der Waals surface area (Å²) in [5.41, 5.74) is 3.37. The number of benzene rings is 2. The van der Waals surface area contributed by atoms with Crippen molar-refractivity contribution >= 4 is 11.6 Å². The van der Waals surface area contributed by atoms with Gasteiger partial charge in [-0.3, -0.25) is 0 Å². The van der Waals surface area contributed by atoms with Gasteiger partial charge in [0.05, 0.1) is 6.10 Å². The van der Waals surface area contributed by atoms with E-state index in [1.54, 1.807) is 0 Å². The molecule has 2 nitrogen and oxygen atoms in total. The quantitative estimate of drug-likeness (QED) is 0.887. The molecule has 20 heavy (non-hydrogen) atoms. The monoisotopic (exact) mass is 287 g/mol. The van der Waals surface area contributed by atoms with Crippen molar-refractivity contribution in [2.45, 2.75) is 25.5 Å². The summed E-state index contributed by atoms with van der Waals surface area (Å²) in [6, 6.07) is 14.4. The van der Waals surface area contributed by atoms with E-state index in [2.05, 4.69) is 29.6 Å². The van der Waals surface area contributed by atoms with Crippen LogP contribution in [0.4, 0.5) is 0 Å². The van der Waals surface area contributed by atoms with Crippen molar-refractivity contribution in [1.82, 2.24) is 5.32 Å². The van der Waals surface area contributed by atoms with E-state index >= 15 is 0 Å². The summed E-state index contributed by atoms with van der Waals surface area (Å²) in [7, 11) is 1.93. The number of nitrogens with one attached hydrogen (secondary N) is 1. The van der Waals surface area contributed by atoms with Gasteiger partial charge in [-0.05, 0) is 49.2 Å². The zero-order valence-electron chi connectivity index (χ0n) is 11.5. The highest BCUT2D eigenvalue weighted by Gasteiger charge is 2.23. The van der Waals surface area contributed by atoms with Crippen molar-refractivity contribution in [3.63, 3.8) is 0 Å². The van der Waals surface area contributed by atoms with Gasteiger partial charge in [-0.1, -0.05) is 35.9 Å². The van der Waals surface area contributed by atoms with Gasteiger partial charge in [-0.25, -0.2) is 0 Å². The van der Waals surface area contributed by atoms with E-state index < -0.39 is 0 Å². The molecule has 0 spiro atoms. The Bertz CT molecular complexity index is 590. The lowest BCUT2D eigenvalue weighted by molar-refractivity contribution is 0.303. The number of hydrogen-bond donors (Lipinski definition) is 1. The van der Waals surface area contributed by atoms with Crippen molar-refractivity contribution in [2.75, 3.05) is 7.05 Å². The Morgan fingerprint density at radius 2 is 1.90 bits per heavy atom. The Morgan fingerprint density at radius 3 is 2.50 bits per heavy atom. The normalized spacial score (nSPS) is 14.3. The Morgan fingerprint density at radius 1 is 1.15 bits per heavy atom. The topological polar surface area (TPSA) is 21.3 Å². The van der Waals surface area contributed by atoms with Crippen molar-refractivity contribution in [2.24, 2.45) is 0 Å². The van der Waals surface area contributed by atoms with Gasteiger partial charge in [0.15, 0.2) is 0 Å². The largest absolute Gasteiger partial charge is 0.490 e. The molecular weight excluding hydrogens is 270 g/mol. The first kappa shape index (κ1) is 13.5. The molecule has 1 aliphatic carbocycles. The molecule has 3 rings (SSSR count). The highest BCUT2D eigenvalue weighted by molar-refractivity contribution is 6.33. The third-order valence-electron chi connectivity index (χ3n) is 3.41. The van der Waals surface area contributed by atoms with E-state index in [4.69, 9.17) is 16.3 Å². The summed E-state index contributed by atoms with van der Waals surface area (Å²) in [4.78, 5) is 0. The van der Waals surface area contributed by atoms with Crippen LogP contribution in [0.15, 0.2) is 42.5 Å². The van der Waals surface area contributed by atoms with Crippen LogP contribution in [0.25, 0.3) is 11.1 Å². The fraction of sp³-hybridized carbons (Fsp3) is 0.294. The molecule has 1 fully saturated rings. The van der Waals surface area contributed by atoms with Gasteiger partial charge in [-0.2, -0.15) is 0 Å². The van der Waals surface area contributed by atoms with Crippen LogP contribution in [0.3, 0.4) is 0 Å². The van der Waals surface area contributed by atoms with E-state index in [-0.39, 0.29) is 0 Å². The molecule has 1 aliphatic rings. The van der Waals surface area contributed by atoms with Gasteiger partial charge in [0.2, 0.25) is 0 Å². The SMILES string of the molecule is CNCc1ccc(-c2ccc(OC3CC3)cc2)c(Cl)c1. The zero-order valence-corrected chi connectivity index (χ0v) is 12.3. The van der Waals surface area contributed by atoms with Crippen LogP contribution in [0.5, 0.6) is 5.75 Å². The van der Waals surface area contributed by atoms with Gasteiger partial charge >= 0.3 is 0 Å². The summed E-state index contributed by atoms with van der Waals surface area (Å²) in [6.07, 6.45) is 2.80. The standard InChI is InChI=1S/C17H18ClNO/c1-19-11-12-2-9-16(17(18)10-12)13-3-5-14(6-4-13)20-15-7-8-15/h2-6,9-10,15,19H,7-8,11H2,1H3. The third kappa shape index (κ3) is 3.14. The Hall–Kier alpha value is -1.51. The van der Waals surface area contributed by atoms with Crippen LogP contribution in [-0.4, -0.2) is 13.2 Å². The predicted molar refractivity (Wildman–Crippen MR) is 83.3 cm³/mol. The minimum Gasteiger partial charge on any atom is -0.490 e. The lowest BCUT2D eigenvalue weighted by atomic mass is 10.0. The van der Waals surface area contributed by atoms with E-state index in [9.17, 15) is 0 Å². The van der Waals surface area contributed by atoms with Crippen LogP contribution >= 0.6 is 11.6 Å². The minimum absolute atomic E-state index is 0.435. The molecule has 2 aromatic rings. The minimum atomic E-state index is 0.435. The highest BCUT2D eigenvalue weighted by atomic mass is 35.5. The van der Waals surface area contributed by atoms with E-state index in [0.717, 1.165) is 28.4 Å². The molecule has 1 saturated carbocycles. The van der Waals surface area contributed by atoms with Gasteiger partial charge in [0, 0.05) is 17.1 Å². The van der Waals surface area contributed by atoms with E-state index in [1.165, 1.54) is 18.4 Å². The number of ether oxygens (including phenoxy) is 1. The first-order chi connectivity index (χ1) is 9.76. The Labute approximate surface area is 124 Å². The molecule has 1 N–H and O–H groups in total. The van der Waals surface area contributed by atoms with Crippen molar-refractivity contribution < 1.29 is 4.74 Å².